The topological polar surface area (TPSA) is 71.2 Å². The number of nitrogens with zero attached hydrogens (tertiary/aromatic N) is 6. The first-order chi connectivity index (χ1) is 13.1. The van der Waals surface area contributed by atoms with Gasteiger partial charge in [-0.2, -0.15) is 0 Å². The van der Waals surface area contributed by atoms with Gasteiger partial charge in [-0.25, -0.2) is 4.98 Å². The van der Waals surface area contributed by atoms with Crippen molar-refractivity contribution in [2.45, 2.75) is 58.5 Å². The van der Waals surface area contributed by atoms with Crippen molar-refractivity contribution in [2.75, 3.05) is 20.6 Å². The highest BCUT2D eigenvalue weighted by Gasteiger charge is 2.22. The predicted molar refractivity (Wildman–Crippen MR) is 124 cm³/mol. The molecule has 9 heteroatoms. The fraction of sp³-hybridized carbons (Fsp3) is 0.684. The van der Waals surface area contributed by atoms with Crippen molar-refractivity contribution in [2.24, 2.45) is 10.9 Å². The van der Waals surface area contributed by atoms with Gasteiger partial charge in [0.1, 0.15) is 16.7 Å². The van der Waals surface area contributed by atoms with Crippen molar-refractivity contribution in [3.05, 3.63) is 27.2 Å². The standard InChI is InChI=1S/C19H29N7S.HI/c1-13-23-24-17-9-8-14(11-26(13)17)10-21-19(20-2)25(3)12-18-22-15-6-4-5-7-16(15)27-18;/h14H,4-12H2,1-3H3,(H,20,21);1H. The summed E-state index contributed by atoms with van der Waals surface area (Å²) in [6, 6.07) is 0. The summed E-state index contributed by atoms with van der Waals surface area (Å²) in [6.07, 6.45) is 7.09. The van der Waals surface area contributed by atoms with Crippen molar-refractivity contribution in [3.8, 4) is 0 Å². The number of rotatable bonds is 4. The molecule has 2 aromatic rings. The highest BCUT2D eigenvalue weighted by molar-refractivity contribution is 14.0. The minimum atomic E-state index is 0. The summed E-state index contributed by atoms with van der Waals surface area (Å²) in [6.45, 7) is 4.76. The Labute approximate surface area is 188 Å². The van der Waals surface area contributed by atoms with Crippen LogP contribution in [0.25, 0.3) is 0 Å². The first-order valence-electron chi connectivity index (χ1n) is 9.92. The van der Waals surface area contributed by atoms with Gasteiger partial charge in [-0.15, -0.1) is 45.5 Å². The smallest absolute Gasteiger partial charge is 0.193 e. The molecule has 4 rings (SSSR count). The number of halogens is 1. The van der Waals surface area contributed by atoms with E-state index in [0.29, 0.717) is 5.92 Å². The van der Waals surface area contributed by atoms with Crippen LogP contribution in [0.4, 0.5) is 0 Å². The molecular formula is C19H30IN7S. The first-order valence-corrected chi connectivity index (χ1v) is 10.7. The molecule has 0 aromatic carbocycles. The van der Waals surface area contributed by atoms with Gasteiger partial charge < -0.3 is 14.8 Å². The van der Waals surface area contributed by atoms with Crippen LogP contribution in [0.15, 0.2) is 4.99 Å². The third-order valence-electron chi connectivity index (χ3n) is 5.61. The fourth-order valence-corrected chi connectivity index (χ4v) is 5.28. The van der Waals surface area contributed by atoms with Crippen molar-refractivity contribution < 1.29 is 0 Å². The lowest BCUT2D eigenvalue weighted by Gasteiger charge is -2.27. The average molecular weight is 515 g/mol. The lowest BCUT2D eigenvalue weighted by molar-refractivity contribution is 0.352. The van der Waals surface area contributed by atoms with Crippen molar-refractivity contribution in [1.82, 2.24) is 30.0 Å². The normalized spacial score (nSPS) is 18.8. The highest BCUT2D eigenvalue weighted by atomic mass is 127. The highest BCUT2D eigenvalue weighted by Crippen LogP contribution is 2.27. The minimum absolute atomic E-state index is 0. The molecule has 7 nitrogen and oxygen atoms in total. The molecule has 1 atom stereocenters. The Bertz CT molecular complexity index is 805. The summed E-state index contributed by atoms with van der Waals surface area (Å²) in [5, 5.41) is 13.2. The van der Waals surface area contributed by atoms with E-state index in [2.05, 4.69) is 37.0 Å². The fourth-order valence-electron chi connectivity index (χ4n) is 4.07. The van der Waals surface area contributed by atoms with Crippen LogP contribution in [0.3, 0.4) is 0 Å². The van der Waals surface area contributed by atoms with Gasteiger partial charge in [0.25, 0.3) is 0 Å². The number of guanidine groups is 1. The molecule has 0 fully saturated rings. The molecule has 2 aromatic heterocycles. The molecule has 1 aliphatic heterocycles. The van der Waals surface area contributed by atoms with Crippen LogP contribution >= 0.6 is 35.3 Å². The maximum absolute atomic E-state index is 4.86. The Morgan fingerprint density at radius 3 is 2.89 bits per heavy atom. The van der Waals surface area contributed by atoms with Gasteiger partial charge in [-0.1, -0.05) is 0 Å². The Morgan fingerprint density at radius 1 is 1.29 bits per heavy atom. The summed E-state index contributed by atoms with van der Waals surface area (Å²) < 4.78 is 2.25. The molecule has 0 saturated carbocycles. The third kappa shape index (κ3) is 4.67. The molecular weight excluding hydrogens is 485 g/mol. The summed E-state index contributed by atoms with van der Waals surface area (Å²) in [5.74, 6) is 3.65. The Hall–Kier alpha value is -1.23. The molecule has 0 spiro atoms. The zero-order valence-electron chi connectivity index (χ0n) is 16.9. The number of aliphatic imine (C=N–C) groups is 1. The Kier molecular flexibility index (Phi) is 7.30. The number of thiazole rings is 1. The van der Waals surface area contributed by atoms with Gasteiger partial charge in [0.05, 0.1) is 12.2 Å². The Balaban J connectivity index is 0.00000225. The van der Waals surface area contributed by atoms with Gasteiger partial charge in [-0.3, -0.25) is 4.99 Å². The SMILES string of the molecule is CN=C(NCC1CCc2nnc(C)n2C1)N(C)Cc1nc2c(s1)CCCC2.I. The molecule has 0 bridgehead atoms. The van der Waals surface area contributed by atoms with E-state index in [-0.39, 0.29) is 24.0 Å². The molecule has 0 radical (unpaired) electrons. The van der Waals surface area contributed by atoms with Crippen molar-refractivity contribution in [3.63, 3.8) is 0 Å². The molecule has 1 aliphatic carbocycles. The summed E-state index contributed by atoms with van der Waals surface area (Å²) in [5.41, 5.74) is 1.33. The first kappa shape index (κ1) is 21.5. The lowest BCUT2D eigenvalue weighted by atomic mass is 9.99. The quantitative estimate of drug-likeness (QED) is 0.385. The minimum Gasteiger partial charge on any atom is -0.356 e. The lowest BCUT2D eigenvalue weighted by Crippen LogP contribution is -2.42. The number of fused-ring (bicyclic) bond motifs is 2. The van der Waals surface area contributed by atoms with Crippen molar-refractivity contribution in [1.29, 1.82) is 0 Å². The summed E-state index contributed by atoms with van der Waals surface area (Å²) in [4.78, 5) is 13.0. The molecule has 3 heterocycles. The van der Waals surface area contributed by atoms with Crippen molar-refractivity contribution >= 4 is 41.3 Å². The van der Waals surface area contributed by atoms with E-state index in [0.717, 1.165) is 56.5 Å². The van der Waals surface area contributed by atoms with E-state index < -0.39 is 0 Å². The maximum atomic E-state index is 4.86. The number of hydrogen-bond acceptors (Lipinski definition) is 5. The molecule has 154 valence electrons. The molecule has 0 saturated heterocycles. The van der Waals surface area contributed by atoms with Crippen LogP contribution in [0.1, 0.15) is 46.5 Å². The largest absolute Gasteiger partial charge is 0.356 e. The van der Waals surface area contributed by atoms with Crippen LogP contribution in [-0.2, 0) is 32.4 Å². The molecule has 0 amide bonds. The van der Waals surface area contributed by atoms with Crippen LogP contribution in [0.2, 0.25) is 0 Å². The van der Waals surface area contributed by atoms with Gasteiger partial charge in [0, 0.05) is 38.5 Å². The number of nitrogens with one attached hydrogen (secondary N) is 1. The molecule has 28 heavy (non-hydrogen) atoms. The second-order valence-electron chi connectivity index (χ2n) is 7.65. The molecule has 1 N–H and O–H groups in total. The molecule has 1 unspecified atom stereocenters. The van der Waals surface area contributed by atoms with Crippen LogP contribution in [-0.4, -0.2) is 51.2 Å². The van der Waals surface area contributed by atoms with Crippen LogP contribution in [0, 0.1) is 12.8 Å². The zero-order valence-corrected chi connectivity index (χ0v) is 20.1. The number of hydrogen-bond donors (Lipinski definition) is 1. The third-order valence-corrected chi connectivity index (χ3v) is 6.76. The predicted octanol–water partition coefficient (Wildman–Crippen LogP) is 2.81. The monoisotopic (exact) mass is 515 g/mol. The molecule has 2 aliphatic rings. The van der Waals surface area contributed by atoms with Crippen LogP contribution < -0.4 is 5.32 Å². The second-order valence-corrected chi connectivity index (χ2v) is 8.82. The van der Waals surface area contributed by atoms with Gasteiger partial charge >= 0.3 is 0 Å². The van der Waals surface area contributed by atoms with E-state index in [1.165, 1.54) is 34.8 Å². The van der Waals surface area contributed by atoms with E-state index in [1.54, 1.807) is 0 Å². The average Bonchev–Trinajstić information content (AvgIpc) is 3.25. The van der Waals surface area contributed by atoms with E-state index in [4.69, 9.17) is 4.98 Å². The van der Waals surface area contributed by atoms with Gasteiger partial charge in [-0.05, 0) is 44.9 Å². The number of aryl methyl sites for hydroxylation is 4. The Morgan fingerprint density at radius 2 is 2.11 bits per heavy atom. The maximum Gasteiger partial charge on any atom is 0.193 e. The summed E-state index contributed by atoms with van der Waals surface area (Å²) in [7, 11) is 3.95. The van der Waals surface area contributed by atoms with E-state index >= 15 is 0 Å². The summed E-state index contributed by atoms with van der Waals surface area (Å²) >= 11 is 1.88. The van der Waals surface area contributed by atoms with E-state index in [9.17, 15) is 0 Å². The zero-order chi connectivity index (χ0) is 18.8. The van der Waals surface area contributed by atoms with Gasteiger partial charge in [0.2, 0.25) is 0 Å². The van der Waals surface area contributed by atoms with E-state index in [1.807, 2.05) is 25.3 Å². The van der Waals surface area contributed by atoms with Crippen LogP contribution in [0.5, 0.6) is 0 Å². The second kappa shape index (κ2) is 9.51. The van der Waals surface area contributed by atoms with Gasteiger partial charge in [0.15, 0.2) is 5.96 Å². The number of aromatic nitrogens is 4.